The fraction of sp³-hybridized carbons (Fsp3) is 0. The van der Waals surface area contributed by atoms with E-state index in [1.54, 1.807) is 0 Å². The van der Waals surface area contributed by atoms with Crippen molar-refractivity contribution in [1.82, 2.24) is 0 Å². The van der Waals surface area contributed by atoms with Crippen LogP contribution in [0.4, 0.5) is 0 Å². The van der Waals surface area contributed by atoms with Gasteiger partial charge in [-0.25, -0.2) is 9.59 Å². The molecule has 0 rings (SSSR count). The van der Waals surface area contributed by atoms with Crippen LogP contribution in [0.3, 0.4) is 0 Å². The molecule has 0 unspecified atom stereocenters. The Labute approximate surface area is 115 Å². The molecule has 0 fully saturated rings. The fourth-order valence-electron chi connectivity index (χ4n) is 0.143. The normalized spacial score (nSPS) is 7.60. The van der Waals surface area contributed by atoms with Crippen LogP contribution in [0.25, 0.3) is 0 Å². The molecule has 0 amide bonds. The van der Waals surface area contributed by atoms with Crippen LogP contribution in [0.15, 0.2) is 12.2 Å². The molecule has 0 atom stereocenters. The predicted molar refractivity (Wildman–Crippen MR) is 30.2 cm³/mol. The maximum atomic E-state index is 9.55. The zero-order chi connectivity index (χ0) is 6.57. The number of aliphatic carboxylic acids is 2. The van der Waals surface area contributed by atoms with Crippen LogP contribution in [0.1, 0.15) is 0 Å². The maximum Gasteiger partial charge on any atom is 0.328 e. The molecule has 0 aromatic rings. The van der Waals surface area contributed by atoms with Crippen molar-refractivity contribution in [2.24, 2.45) is 0 Å². The van der Waals surface area contributed by atoms with Crippen molar-refractivity contribution in [3.63, 3.8) is 0 Å². The first kappa shape index (κ1) is 17.2. The van der Waals surface area contributed by atoms with Crippen LogP contribution in [-0.4, -0.2) is 73.5 Å². The van der Waals surface area contributed by atoms with Crippen LogP contribution in [-0.2, 0) is 31.3 Å². The van der Waals surface area contributed by atoms with Crippen molar-refractivity contribution < 1.29 is 41.5 Å². The van der Waals surface area contributed by atoms with Crippen molar-refractivity contribution in [1.29, 1.82) is 0 Å². The van der Waals surface area contributed by atoms with Gasteiger partial charge in [0.2, 0.25) is 0 Å². The SMILES string of the molecule is O=C(O)/C=C\C(=O)O.[K].[Ti]. The molecule has 0 aliphatic carbocycles. The molecule has 4 nitrogen and oxygen atoms in total. The molecule has 1 radical (unpaired) electrons. The number of carboxylic acid groups (broad SMARTS) is 2. The van der Waals surface area contributed by atoms with Gasteiger partial charge in [-0.15, -0.1) is 0 Å². The van der Waals surface area contributed by atoms with Crippen LogP contribution in [0.5, 0.6) is 0 Å². The van der Waals surface area contributed by atoms with Crippen LogP contribution in [0.2, 0.25) is 0 Å². The number of carbonyl (C=O) groups is 2. The Kier molecular flexibility index (Phi) is 17.3. The smallest absolute Gasteiger partial charge is 0.328 e. The van der Waals surface area contributed by atoms with E-state index in [1.165, 1.54) is 0 Å². The molecule has 0 spiro atoms. The minimum Gasteiger partial charge on any atom is -0.478 e. The summed E-state index contributed by atoms with van der Waals surface area (Å²) >= 11 is 0. The summed E-state index contributed by atoms with van der Waals surface area (Å²) in [5.74, 6) is -2.51. The average Bonchev–Trinajstić information content (AvgIpc) is 1.61. The zero-order valence-electron chi connectivity index (χ0n) is 5.37. The zero-order valence-corrected chi connectivity index (χ0v) is 10.1. The van der Waals surface area contributed by atoms with E-state index in [-0.39, 0.29) is 73.1 Å². The van der Waals surface area contributed by atoms with Gasteiger partial charge in [0.25, 0.3) is 0 Å². The largest absolute Gasteiger partial charge is 0.478 e. The van der Waals surface area contributed by atoms with Crippen LogP contribution in [0, 0.1) is 0 Å². The van der Waals surface area contributed by atoms with Gasteiger partial charge in [-0.05, 0) is 0 Å². The summed E-state index contributed by atoms with van der Waals surface area (Å²) in [6.07, 6.45) is 1.12. The van der Waals surface area contributed by atoms with Crippen molar-refractivity contribution in [3.05, 3.63) is 12.2 Å². The third-order valence-electron chi connectivity index (χ3n) is 0.368. The maximum absolute atomic E-state index is 9.55. The minimum atomic E-state index is -1.26. The Balaban J connectivity index is -0.000000245. The number of rotatable bonds is 2. The first-order chi connectivity index (χ1) is 3.63. The average molecular weight is 203 g/mol. The molecular formula is C4H4KO4Ti. The van der Waals surface area contributed by atoms with Crippen LogP contribution < -0.4 is 0 Å². The van der Waals surface area contributed by atoms with Crippen molar-refractivity contribution in [2.45, 2.75) is 0 Å². The predicted octanol–water partition coefficient (Wildman–Crippen LogP) is -0.671. The standard InChI is InChI=1S/C4H4O4.K.Ti/c5-3(6)1-2-4(7)8;;/h1-2H,(H,5,6)(H,7,8);;/b2-1-;;. The summed E-state index contributed by atoms with van der Waals surface area (Å²) < 4.78 is 0. The second-order valence-corrected chi connectivity index (χ2v) is 1.01. The summed E-state index contributed by atoms with van der Waals surface area (Å²) in [4.78, 5) is 19.1. The minimum absolute atomic E-state index is 0. The molecule has 0 bridgehead atoms. The summed E-state index contributed by atoms with van der Waals surface area (Å²) in [5, 5.41) is 15.6. The fourth-order valence-corrected chi connectivity index (χ4v) is 0.143. The molecule has 10 heavy (non-hydrogen) atoms. The van der Waals surface area contributed by atoms with Crippen LogP contribution >= 0.6 is 0 Å². The second kappa shape index (κ2) is 10.0. The molecular weight excluding hydrogens is 199 g/mol. The Morgan fingerprint density at radius 2 is 1.20 bits per heavy atom. The number of hydrogen-bond acceptors (Lipinski definition) is 2. The Bertz CT molecular complexity index is 128. The second-order valence-electron chi connectivity index (χ2n) is 1.01. The Hall–Kier alpha value is 1.03. The van der Waals surface area contributed by atoms with Crippen molar-refractivity contribution in [2.75, 3.05) is 0 Å². The Morgan fingerprint density at radius 1 is 1.00 bits per heavy atom. The summed E-state index contributed by atoms with van der Waals surface area (Å²) in [6, 6.07) is 0. The van der Waals surface area contributed by atoms with Gasteiger partial charge in [0.1, 0.15) is 0 Å². The van der Waals surface area contributed by atoms with Gasteiger partial charge in [0.15, 0.2) is 0 Å². The summed E-state index contributed by atoms with van der Waals surface area (Å²) in [7, 11) is 0. The third kappa shape index (κ3) is 16.0. The van der Waals surface area contributed by atoms with E-state index < -0.39 is 11.9 Å². The molecule has 49 valence electrons. The van der Waals surface area contributed by atoms with E-state index in [1.807, 2.05) is 0 Å². The quantitative estimate of drug-likeness (QED) is 0.461. The van der Waals surface area contributed by atoms with Gasteiger partial charge in [-0.3, -0.25) is 0 Å². The number of carboxylic acids is 2. The molecule has 0 saturated carbocycles. The van der Waals surface area contributed by atoms with Crippen molar-refractivity contribution in [3.8, 4) is 0 Å². The molecule has 6 heteroatoms. The summed E-state index contributed by atoms with van der Waals surface area (Å²) in [6.45, 7) is 0. The monoisotopic (exact) mass is 203 g/mol. The first-order valence-corrected chi connectivity index (χ1v) is 1.77. The molecule has 0 heterocycles. The van der Waals surface area contributed by atoms with E-state index in [2.05, 4.69) is 0 Å². The topological polar surface area (TPSA) is 74.6 Å². The van der Waals surface area contributed by atoms with E-state index in [0.29, 0.717) is 12.2 Å². The van der Waals surface area contributed by atoms with E-state index in [0.717, 1.165) is 0 Å². The molecule has 0 aromatic carbocycles. The first-order valence-electron chi connectivity index (χ1n) is 1.77. The van der Waals surface area contributed by atoms with Gasteiger partial charge in [0.05, 0.1) is 0 Å². The number of hydrogen-bond donors (Lipinski definition) is 2. The summed E-state index contributed by atoms with van der Waals surface area (Å²) in [5.41, 5.74) is 0. The molecule has 0 aliphatic heterocycles. The van der Waals surface area contributed by atoms with Gasteiger partial charge < -0.3 is 10.2 Å². The van der Waals surface area contributed by atoms with Gasteiger partial charge in [0, 0.05) is 85.3 Å². The van der Waals surface area contributed by atoms with Gasteiger partial charge in [-0.2, -0.15) is 0 Å². The van der Waals surface area contributed by atoms with Crippen molar-refractivity contribution >= 4 is 63.3 Å². The van der Waals surface area contributed by atoms with E-state index in [9.17, 15) is 9.59 Å². The van der Waals surface area contributed by atoms with Gasteiger partial charge in [-0.1, -0.05) is 0 Å². The Morgan fingerprint density at radius 3 is 1.30 bits per heavy atom. The molecule has 2 N–H and O–H groups in total. The molecule has 0 aliphatic rings. The van der Waals surface area contributed by atoms with E-state index >= 15 is 0 Å². The van der Waals surface area contributed by atoms with E-state index in [4.69, 9.17) is 10.2 Å². The molecule has 0 saturated heterocycles. The molecule has 0 aromatic heterocycles. The van der Waals surface area contributed by atoms with Gasteiger partial charge >= 0.3 is 11.9 Å². The third-order valence-corrected chi connectivity index (χ3v) is 0.368.